The van der Waals surface area contributed by atoms with Crippen molar-refractivity contribution in [3.8, 4) is 0 Å². The number of hydrogen-bond acceptors (Lipinski definition) is 4. The highest BCUT2D eigenvalue weighted by Gasteiger charge is 2.29. The standard InChI is InChI=1S/C14H24N4O2/c19-13-2-1-5-18(13)11-14(20)17-8-6-16(7-9-17)12-3-4-15-10-12/h12,15H,1-11H2. The third-order valence-corrected chi connectivity index (χ3v) is 4.72. The average molecular weight is 280 g/mol. The first kappa shape index (κ1) is 13.8. The molecule has 6 heteroatoms. The van der Waals surface area contributed by atoms with Crippen LogP contribution in [0.4, 0.5) is 0 Å². The lowest BCUT2D eigenvalue weighted by molar-refractivity contribution is -0.139. The van der Waals surface area contributed by atoms with E-state index in [1.165, 1.54) is 6.42 Å². The number of rotatable bonds is 3. The number of carbonyl (C=O) groups is 2. The zero-order valence-corrected chi connectivity index (χ0v) is 12.0. The van der Waals surface area contributed by atoms with Gasteiger partial charge in [-0.25, -0.2) is 0 Å². The van der Waals surface area contributed by atoms with Gasteiger partial charge in [0.1, 0.15) is 0 Å². The van der Waals surface area contributed by atoms with Crippen LogP contribution in [0.1, 0.15) is 19.3 Å². The number of nitrogens with zero attached hydrogens (tertiary/aromatic N) is 3. The molecule has 3 aliphatic heterocycles. The maximum atomic E-state index is 12.2. The zero-order valence-electron chi connectivity index (χ0n) is 12.0. The molecule has 6 nitrogen and oxygen atoms in total. The third-order valence-electron chi connectivity index (χ3n) is 4.72. The van der Waals surface area contributed by atoms with Crippen molar-refractivity contribution in [3.63, 3.8) is 0 Å². The monoisotopic (exact) mass is 280 g/mol. The molecular weight excluding hydrogens is 256 g/mol. The van der Waals surface area contributed by atoms with Crippen LogP contribution in [-0.4, -0.2) is 84.9 Å². The molecule has 0 aliphatic carbocycles. The van der Waals surface area contributed by atoms with E-state index in [2.05, 4.69) is 10.2 Å². The largest absolute Gasteiger partial charge is 0.339 e. The van der Waals surface area contributed by atoms with Crippen molar-refractivity contribution in [2.45, 2.75) is 25.3 Å². The van der Waals surface area contributed by atoms with Gasteiger partial charge in [0.15, 0.2) is 0 Å². The molecule has 3 aliphatic rings. The molecular formula is C14H24N4O2. The predicted molar refractivity (Wildman–Crippen MR) is 75.2 cm³/mol. The average Bonchev–Trinajstić information content (AvgIpc) is 3.12. The van der Waals surface area contributed by atoms with Crippen LogP contribution in [0.2, 0.25) is 0 Å². The van der Waals surface area contributed by atoms with Crippen LogP contribution in [0.25, 0.3) is 0 Å². The summed E-state index contributed by atoms with van der Waals surface area (Å²) in [6, 6.07) is 0.646. The Morgan fingerprint density at radius 2 is 2.00 bits per heavy atom. The van der Waals surface area contributed by atoms with Crippen LogP contribution in [0, 0.1) is 0 Å². The molecule has 2 amide bonds. The molecule has 20 heavy (non-hydrogen) atoms. The molecule has 1 unspecified atom stereocenters. The van der Waals surface area contributed by atoms with Crippen molar-refractivity contribution in [1.82, 2.24) is 20.0 Å². The molecule has 0 aromatic heterocycles. The fourth-order valence-corrected chi connectivity index (χ4v) is 3.42. The van der Waals surface area contributed by atoms with E-state index >= 15 is 0 Å². The number of carbonyl (C=O) groups excluding carboxylic acids is 2. The molecule has 0 saturated carbocycles. The van der Waals surface area contributed by atoms with Gasteiger partial charge in [0.25, 0.3) is 0 Å². The van der Waals surface area contributed by atoms with Crippen LogP contribution >= 0.6 is 0 Å². The lowest BCUT2D eigenvalue weighted by Crippen LogP contribution is -2.54. The predicted octanol–water partition coefficient (Wildman–Crippen LogP) is -0.885. The van der Waals surface area contributed by atoms with E-state index in [-0.39, 0.29) is 18.4 Å². The Kier molecular flexibility index (Phi) is 4.21. The van der Waals surface area contributed by atoms with E-state index in [4.69, 9.17) is 0 Å². The lowest BCUT2D eigenvalue weighted by Gasteiger charge is -2.38. The molecule has 0 bridgehead atoms. The van der Waals surface area contributed by atoms with E-state index in [0.29, 0.717) is 12.5 Å². The molecule has 3 heterocycles. The fourth-order valence-electron chi connectivity index (χ4n) is 3.42. The summed E-state index contributed by atoms with van der Waals surface area (Å²) in [5.74, 6) is 0.249. The Morgan fingerprint density at radius 1 is 1.20 bits per heavy atom. The number of hydrogen-bond donors (Lipinski definition) is 1. The van der Waals surface area contributed by atoms with E-state index < -0.39 is 0 Å². The number of nitrogens with one attached hydrogen (secondary N) is 1. The normalized spacial score (nSPS) is 28.4. The van der Waals surface area contributed by atoms with Gasteiger partial charge in [-0.1, -0.05) is 0 Å². The topological polar surface area (TPSA) is 55.9 Å². The summed E-state index contributed by atoms with van der Waals surface area (Å²) in [6.45, 7) is 6.76. The van der Waals surface area contributed by atoms with Crippen LogP contribution in [-0.2, 0) is 9.59 Å². The van der Waals surface area contributed by atoms with Crippen LogP contribution in [0.3, 0.4) is 0 Å². The van der Waals surface area contributed by atoms with Gasteiger partial charge in [0.2, 0.25) is 11.8 Å². The quantitative estimate of drug-likeness (QED) is 0.729. The molecule has 0 radical (unpaired) electrons. The summed E-state index contributed by atoms with van der Waals surface area (Å²) in [7, 11) is 0. The van der Waals surface area contributed by atoms with E-state index in [1.807, 2.05) is 4.90 Å². The molecule has 0 spiro atoms. The second-order valence-electron chi connectivity index (χ2n) is 5.98. The number of piperazine rings is 1. The van der Waals surface area contributed by atoms with E-state index in [9.17, 15) is 9.59 Å². The first-order chi connectivity index (χ1) is 9.74. The van der Waals surface area contributed by atoms with Crippen molar-refractivity contribution in [3.05, 3.63) is 0 Å². The summed E-state index contributed by atoms with van der Waals surface area (Å²) >= 11 is 0. The van der Waals surface area contributed by atoms with Gasteiger partial charge in [-0.15, -0.1) is 0 Å². The van der Waals surface area contributed by atoms with Crippen molar-refractivity contribution in [1.29, 1.82) is 0 Å². The van der Waals surface area contributed by atoms with E-state index in [1.54, 1.807) is 4.90 Å². The van der Waals surface area contributed by atoms with Crippen LogP contribution < -0.4 is 5.32 Å². The molecule has 0 aromatic carbocycles. The fraction of sp³-hybridized carbons (Fsp3) is 0.857. The lowest BCUT2D eigenvalue weighted by atomic mass is 10.2. The minimum Gasteiger partial charge on any atom is -0.339 e. The second kappa shape index (κ2) is 6.10. The molecule has 1 atom stereocenters. The van der Waals surface area contributed by atoms with Gasteiger partial charge in [0.05, 0.1) is 6.54 Å². The molecule has 3 rings (SSSR count). The highest BCUT2D eigenvalue weighted by molar-refractivity contribution is 5.85. The van der Waals surface area contributed by atoms with Crippen molar-refractivity contribution >= 4 is 11.8 Å². The van der Waals surface area contributed by atoms with Gasteiger partial charge in [-0.05, 0) is 19.4 Å². The maximum absolute atomic E-state index is 12.2. The first-order valence-corrected chi connectivity index (χ1v) is 7.74. The molecule has 3 fully saturated rings. The summed E-state index contributed by atoms with van der Waals surface area (Å²) in [5.41, 5.74) is 0. The summed E-state index contributed by atoms with van der Waals surface area (Å²) in [4.78, 5) is 29.9. The number of likely N-dealkylation sites (tertiary alicyclic amines) is 1. The molecule has 1 N–H and O–H groups in total. The first-order valence-electron chi connectivity index (χ1n) is 7.74. The molecule has 112 valence electrons. The smallest absolute Gasteiger partial charge is 0.242 e. The highest BCUT2D eigenvalue weighted by Crippen LogP contribution is 2.13. The Hall–Kier alpha value is -1.14. The Morgan fingerprint density at radius 3 is 2.60 bits per heavy atom. The third kappa shape index (κ3) is 2.96. The summed E-state index contributed by atoms with van der Waals surface area (Å²) in [6.07, 6.45) is 2.72. The second-order valence-corrected chi connectivity index (χ2v) is 5.98. The Balaban J connectivity index is 1.45. The van der Waals surface area contributed by atoms with Gasteiger partial charge in [-0.2, -0.15) is 0 Å². The van der Waals surface area contributed by atoms with Gasteiger partial charge in [0, 0.05) is 51.7 Å². The summed E-state index contributed by atoms with van der Waals surface area (Å²) in [5, 5.41) is 3.39. The van der Waals surface area contributed by atoms with Gasteiger partial charge < -0.3 is 15.1 Å². The summed E-state index contributed by atoms with van der Waals surface area (Å²) < 4.78 is 0. The Bertz CT molecular complexity index is 373. The highest BCUT2D eigenvalue weighted by atomic mass is 16.2. The minimum absolute atomic E-state index is 0.115. The van der Waals surface area contributed by atoms with Gasteiger partial charge in [-0.3, -0.25) is 14.5 Å². The SMILES string of the molecule is O=C(CN1CCCC1=O)N1CCN(C2CCNC2)CC1. The zero-order chi connectivity index (χ0) is 13.9. The number of amides is 2. The molecule has 3 saturated heterocycles. The minimum atomic E-state index is 0.115. The van der Waals surface area contributed by atoms with E-state index in [0.717, 1.165) is 52.2 Å². The van der Waals surface area contributed by atoms with Crippen molar-refractivity contribution in [2.24, 2.45) is 0 Å². The van der Waals surface area contributed by atoms with Gasteiger partial charge >= 0.3 is 0 Å². The van der Waals surface area contributed by atoms with Crippen LogP contribution in [0.15, 0.2) is 0 Å². The van der Waals surface area contributed by atoms with Crippen molar-refractivity contribution in [2.75, 3.05) is 52.4 Å². The van der Waals surface area contributed by atoms with Crippen molar-refractivity contribution < 1.29 is 9.59 Å². The maximum Gasteiger partial charge on any atom is 0.242 e. The molecule has 0 aromatic rings. The Labute approximate surface area is 120 Å². The van der Waals surface area contributed by atoms with Crippen LogP contribution in [0.5, 0.6) is 0 Å².